The van der Waals surface area contributed by atoms with Gasteiger partial charge in [0.25, 0.3) is 0 Å². The molecule has 2 atom stereocenters. The second kappa shape index (κ2) is 47.7. The third kappa shape index (κ3) is 51.9. The third-order valence-corrected chi connectivity index (χ3v) is 11.6. The van der Waals surface area contributed by atoms with Gasteiger partial charge in [-0.15, -0.1) is 0 Å². The number of quaternary nitrogens is 1. The van der Waals surface area contributed by atoms with Crippen LogP contribution in [0.3, 0.4) is 0 Å². The number of allylic oxidation sites excluding steroid dienone is 18. The number of carbonyl (C=O) groups excluding carboxylic acids is 2. The highest BCUT2D eigenvalue weighted by atomic mass is 31.2. The molecule has 1 N–H and O–H groups in total. The van der Waals surface area contributed by atoms with Crippen molar-refractivity contribution in [3.63, 3.8) is 0 Å². The van der Waals surface area contributed by atoms with Gasteiger partial charge in [-0.3, -0.25) is 18.6 Å². The summed E-state index contributed by atoms with van der Waals surface area (Å²) in [5.41, 5.74) is 0. The predicted octanol–water partition coefficient (Wildman–Crippen LogP) is 15.9. The maximum absolute atomic E-state index is 12.7. The summed E-state index contributed by atoms with van der Waals surface area (Å²) in [4.78, 5) is 35.5. The predicted molar refractivity (Wildman–Crippen MR) is 284 cm³/mol. The summed E-state index contributed by atoms with van der Waals surface area (Å²) in [7, 11) is 1.43. The molecule has 0 heterocycles. The van der Waals surface area contributed by atoms with Crippen molar-refractivity contribution in [1.82, 2.24) is 0 Å². The average molecular weight is 955 g/mol. The van der Waals surface area contributed by atoms with Crippen molar-refractivity contribution in [3.8, 4) is 0 Å². The first kappa shape index (κ1) is 63.7. The molecular formula is C57H97NO8P+. The smallest absolute Gasteiger partial charge is 0.462 e. The molecule has 2 unspecified atom stereocenters. The molecule has 0 bridgehead atoms. The van der Waals surface area contributed by atoms with Gasteiger partial charge in [0.15, 0.2) is 6.10 Å². The molecule has 0 aliphatic rings. The lowest BCUT2D eigenvalue weighted by Crippen LogP contribution is -2.37. The largest absolute Gasteiger partial charge is 0.472 e. The molecule has 0 spiro atoms. The molecule has 382 valence electrons. The molecule has 67 heavy (non-hydrogen) atoms. The highest BCUT2D eigenvalue weighted by Crippen LogP contribution is 2.43. The van der Waals surface area contributed by atoms with E-state index in [0.29, 0.717) is 23.9 Å². The Balaban J connectivity index is 4.36. The van der Waals surface area contributed by atoms with Crippen molar-refractivity contribution in [2.24, 2.45) is 0 Å². The number of hydrogen-bond acceptors (Lipinski definition) is 7. The maximum atomic E-state index is 12.7. The van der Waals surface area contributed by atoms with E-state index in [9.17, 15) is 19.0 Å². The van der Waals surface area contributed by atoms with E-state index in [2.05, 4.69) is 117 Å². The van der Waals surface area contributed by atoms with Crippen molar-refractivity contribution in [3.05, 3.63) is 109 Å². The van der Waals surface area contributed by atoms with Gasteiger partial charge in [0.2, 0.25) is 0 Å². The van der Waals surface area contributed by atoms with Crippen LogP contribution in [0.1, 0.15) is 187 Å². The van der Waals surface area contributed by atoms with Crippen LogP contribution in [0.2, 0.25) is 0 Å². The van der Waals surface area contributed by atoms with Gasteiger partial charge < -0.3 is 18.9 Å². The van der Waals surface area contributed by atoms with Gasteiger partial charge in [0, 0.05) is 12.8 Å². The number of phosphoric acid groups is 1. The monoisotopic (exact) mass is 955 g/mol. The molecule has 10 heteroatoms. The van der Waals surface area contributed by atoms with E-state index in [1.165, 1.54) is 70.6 Å². The minimum Gasteiger partial charge on any atom is -0.462 e. The van der Waals surface area contributed by atoms with Crippen molar-refractivity contribution < 1.29 is 42.1 Å². The fraction of sp³-hybridized carbons (Fsp3) is 0.649. The van der Waals surface area contributed by atoms with Gasteiger partial charge in [-0.1, -0.05) is 207 Å². The van der Waals surface area contributed by atoms with Gasteiger partial charge in [-0.05, 0) is 77.0 Å². The topological polar surface area (TPSA) is 108 Å². The summed E-state index contributed by atoms with van der Waals surface area (Å²) in [5.74, 6) is -0.873. The zero-order valence-corrected chi connectivity index (χ0v) is 44.0. The number of unbranched alkanes of at least 4 members (excludes halogenated alkanes) is 14. The van der Waals surface area contributed by atoms with E-state index in [1.54, 1.807) is 0 Å². The lowest BCUT2D eigenvalue weighted by molar-refractivity contribution is -0.870. The van der Waals surface area contributed by atoms with Crippen LogP contribution < -0.4 is 0 Å². The lowest BCUT2D eigenvalue weighted by atomic mass is 10.0. The Labute approximate surface area is 410 Å². The van der Waals surface area contributed by atoms with Crippen LogP contribution in [0.15, 0.2) is 109 Å². The Morgan fingerprint density at radius 1 is 0.478 bits per heavy atom. The summed E-state index contributed by atoms with van der Waals surface area (Å²) in [5, 5.41) is 0. The standard InChI is InChI=1S/C57H96NO8P/c1-6-8-10-12-14-16-18-20-22-23-24-25-26-27-28-29-30-31-32-33-34-35-36-38-40-42-44-46-48-50-57(60)66-55(54-65-67(61,62)64-52-51-58(3,4)5)53-63-56(59)49-47-45-43-41-39-37-21-19-17-15-13-11-9-7-2/h8,10,14,16,20,22,24-25,27-28,30-31,33-34,36,38,42,44,55H,6-7,9,11-13,15,17-19,21,23,26,29,32,35,37,39-41,43,45-54H2,1-5H3/p+1/b10-8-,16-14-,22-20-,25-24-,28-27-,31-30-,34-33-,38-36-,44-42-. The molecule has 0 amide bonds. The molecule has 0 fully saturated rings. The molecular weight excluding hydrogens is 858 g/mol. The Hall–Kier alpha value is -3.33. The van der Waals surface area contributed by atoms with Crippen LogP contribution in [-0.4, -0.2) is 74.9 Å². The fourth-order valence-corrected chi connectivity index (χ4v) is 7.29. The van der Waals surface area contributed by atoms with Crippen molar-refractivity contribution in [1.29, 1.82) is 0 Å². The lowest BCUT2D eigenvalue weighted by Gasteiger charge is -2.24. The van der Waals surface area contributed by atoms with E-state index in [-0.39, 0.29) is 32.0 Å². The van der Waals surface area contributed by atoms with E-state index in [1.807, 2.05) is 27.2 Å². The van der Waals surface area contributed by atoms with Crippen LogP contribution in [0.25, 0.3) is 0 Å². The molecule has 0 aromatic rings. The first-order chi connectivity index (χ1) is 32.5. The van der Waals surface area contributed by atoms with Crippen molar-refractivity contribution in [2.75, 3.05) is 47.5 Å². The minimum atomic E-state index is -4.40. The van der Waals surface area contributed by atoms with Crippen molar-refractivity contribution in [2.45, 2.75) is 193 Å². The average Bonchev–Trinajstić information content (AvgIpc) is 3.29. The number of phosphoric ester groups is 1. The second-order valence-electron chi connectivity index (χ2n) is 18.2. The summed E-state index contributed by atoms with van der Waals surface area (Å²) in [6.45, 7) is 4.23. The maximum Gasteiger partial charge on any atom is 0.472 e. The SMILES string of the molecule is CC/C=C\C/C=C\C/C=C\C/C=C\C/C=C\C/C=C\C/C=C\C/C=C\C/C=C\CCCC(=O)OC(COC(=O)CCCCCCCCCCCCCCCC)COP(=O)(O)OCC[N+](C)(C)C. The summed E-state index contributed by atoms with van der Waals surface area (Å²) < 4.78 is 34.4. The minimum absolute atomic E-state index is 0.0159. The Morgan fingerprint density at radius 2 is 0.851 bits per heavy atom. The Morgan fingerprint density at radius 3 is 1.25 bits per heavy atom. The van der Waals surface area contributed by atoms with E-state index in [4.69, 9.17) is 18.5 Å². The van der Waals surface area contributed by atoms with Gasteiger partial charge >= 0.3 is 19.8 Å². The summed E-state index contributed by atoms with van der Waals surface area (Å²) in [6.07, 6.45) is 65.8. The summed E-state index contributed by atoms with van der Waals surface area (Å²) >= 11 is 0. The Kier molecular flexibility index (Phi) is 45.4. The van der Waals surface area contributed by atoms with Gasteiger partial charge in [-0.2, -0.15) is 0 Å². The molecule has 0 saturated carbocycles. The first-order valence-corrected chi connectivity index (χ1v) is 27.6. The molecule has 0 aromatic carbocycles. The van der Waals surface area contributed by atoms with E-state index >= 15 is 0 Å². The number of rotatable bonds is 46. The second-order valence-corrected chi connectivity index (χ2v) is 19.6. The van der Waals surface area contributed by atoms with Gasteiger partial charge in [-0.25, -0.2) is 4.57 Å². The zero-order valence-electron chi connectivity index (χ0n) is 43.1. The van der Waals surface area contributed by atoms with Crippen LogP contribution in [-0.2, 0) is 32.7 Å². The molecule has 9 nitrogen and oxygen atoms in total. The van der Waals surface area contributed by atoms with E-state index in [0.717, 1.165) is 77.0 Å². The van der Waals surface area contributed by atoms with Crippen LogP contribution in [0.5, 0.6) is 0 Å². The number of ether oxygens (including phenoxy) is 2. The van der Waals surface area contributed by atoms with Gasteiger partial charge in [0.05, 0.1) is 27.7 Å². The molecule has 0 aromatic heterocycles. The van der Waals surface area contributed by atoms with Gasteiger partial charge in [0.1, 0.15) is 19.8 Å². The quantitative estimate of drug-likeness (QED) is 0.0211. The highest BCUT2D eigenvalue weighted by molar-refractivity contribution is 7.47. The number of hydrogen-bond donors (Lipinski definition) is 1. The normalized spacial score (nSPS) is 14.3. The van der Waals surface area contributed by atoms with Crippen LogP contribution in [0, 0.1) is 0 Å². The molecule has 0 radical (unpaired) electrons. The number of carbonyl (C=O) groups is 2. The Bertz CT molecular complexity index is 1500. The molecule has 0 aliphatic heterocycles. The van der Waals surface area contributed by atoms with Crippen LogP contribution in [0.4, 0.5) is 0 Å². The number of likely N-dealkylation sites (N-methyl/N-ethyl adjacent to an activating group) is 1. The summed E-state index contributed by atoms with van der Waals surface area (Å²) in [6, 6.07) is 0. The van der Waals surface area contributed by atoms with Crippen molar-refractivity contribution >= 4 is 19.8 Å². The fourth-order valence-electron chi connectivity index (χ4n) is 6.54. The van der Waals surface area contributed by atoms with E-state index < -0.39 is 26.5 Å². The van der Waals surface area contributed by atoms with Crippen LogP contribution >= 0.6 is 7.82 Å². The third-order valence-electron chi connectivity index (χ3n) is 10.6. The number of nitrogens with zero attached hydrogens (tertiary/aromatic N) is 1. The highest BCUT2D eigenvalue weighted by Gasteiger charge is 2.27. The zero-order chi connectivity index (χ0) is 49.2. The molecule has 0 saturated heterocycles. The number of esters is 2. The molecule has 0 aliphatic carbocycles. The first-order valence-electron chi connectivity index (χ1n) is 26.1. The molecule has 0 rings (SSSR count).